The Hall–Kier alpha value is -4.87. The summed E-state index contributed by atoms with van der Waals surface area (Å²) < 4.78 is 6.61. The van der Waals surface area contributed by atoms with Gasteiger partial charge in [0, 0.05) is 38.2 Å². The molecule has 0 spiro atoms. The molecule has 0 saturated heterocycles. The number of furan rings is 1. The summed E-state index contributed by atoms with van der Waals surface area (Å²) in [6, 6.07) is 46.4. The van der Waals surface area contributed by atoms with Crippen molar-refractivity contribution in [1.29, 1.82) is 0 Å². The van der Waals surface area contributed by atoms with E-state index in [1.807, 2.05) is 0 Å². The Bertz CT molecular complexity index is 2650. The van der Waals surface area contributed by atoms with Crippen LogP contribution < -0.4 is 20.7 Å². The van der Waals surface area contributed by atoms with Crippen LogP contribution in [0.2, 0.25) is 0 Å². The first kappa shape index (κ1) is 34.6. The van der Waals surface area contributed by atoms with Crippen LogP contribution in [-0.4, -0.2) is 11.9 Å². The monoisotopic (exact) mass is 736 g/mol. The molecule has 274 valence electrons. The molecule has 10 rings (SSSR count). The minimum atomic E-state index is 0.0468. The van der Waals surface area contributed by atoms with E-state index >= 15 is 0 Å². The van der Waals surface area contributed by atoms with Gasteiger partial charge in [0.15, 0.2) is 0 Å². The van der Waals surface area contributed by atoms with Gasteiger partial charge < -0.3 is 14.2 Å². The first-order valence-corrected chi connectivity index (χ1v) is 20.7. The first-order valence-electron chi connectivity index (χ1n) is 19.9. The topological polar surface area (TPSA) is 19.6 Å². The smallest absolute Gasteiger partial charge is 0.233 e. The van der Waals surface area contributed by atoms with Crippen LogP contribution in [0.5, 0.6) is 0 Å². The SMILES string of the molecule is CC(C)(C)c1ccc(N2c3cccc4c3B(c3ccc5oc6ccccc6c5c32)C2Sc3ccc(C(C)(C)C)cc3C2N4c2ccc(C(C)(C)C)cc2)cc1. The van der Waals surface area contributed by atoms with Crippen molar-refractivity contribution in [2.45, 2.75) is 94.6 Å². The van der Waals surface area contributed by atoms with Gasteiger partial charge in [0.2, 0.25) is 6.71 Å². The van der Waals surface area contributed by atoms with Crippen LogP contribution in [0.4, 0.5) is 28.4 Å². The van der Waals surface area contributed by atoms with E-state index in [4.69, 9.17) is 4.42 Å². The lowest BCUT2D eigenvalue weighted by Gasteiger charge is -2.48. The van der Waals surface area contributed by atoms with Gasteiger partial charge in [0.25, 0.3) is 0 Å². The number of benzene rings is 6. The molecule has 6 aromatic carbocycles. The lowest BCUT2D eigenvalue weighted by atomic mass is 9.33. The number of fused-ring (bicyclic) bond motifs is 10. The maximum atomic E-state index is 6.61. The number of anilines is 5. The summed E-state index contributed by atoms with van der Waals surface area (Å²) in [7, 11) is 0. The molecule has 3 aliphatic heterocycles. The zero-order valence-electron chi connectivity index (χ0n) is 33.5. The van der Waals surface area contributed by atoms with E-state index in [0.29, 0.717) is 0 Å². The summed E-state index contributed by atoms with van der Waals surface area (Å²) in [5, 5.41) is 2.60. The molecule has 2 unspecified atom stereocenters. The molecule has 0 saturated carbocycles. The second-order valence-corrected chi connectivity index (χ2v) is 20.2. The van der Waals surface area contributed by atoms with Crippen molar-refractivity contribution in [1.82, 2.24) is 0 Å². The second kappa shape index (κ2) is 11.8. The number of hydrogen-bond acceptors (Lipinski definition) is 4. The minimum Gasteiger partial charge on any atom is -0.456 e. The zero-order chi connectivity index (χ0) is 38.2. The van der Waals surface area contributed by atoms with Gasteiger partial charge in [0.1, 0.15) is 11.2 Å². The van der Waals surface area contributed by atoms with Gasteiger partial charge in [-0.3, -0.25) is 0 Å². The molecule has 0 N–H and O–H groups in total. The number of nitrogens with zero attached hydrogens (tertiary/aromatic N) is 2. The molecule has 1 aromatic heterocycles. The van der Waals surface area contributed by atoms with Gasteiger partial charge in [-0.2, -0.15) is 0 Å². The molecule has 3 aliphatic rings. The molecular formula is C50H49BN2OS. The maximum Gasteiger partial charge on any atom is 0.233 e. The number of rotatable bonds is 2. The highest BCUT2D eigenvalue weighted by Crippen LogP contribution is 2.57. The molecule has 0 amide bonds. The fourth-order valence-electron chi connectivity index (χ4n) is 9.42. The van der Waals surface area contributed by atoms with Crippen LogP contribution >= 0.6 is 11.8 Å². The molecule has 0 bridgehead atoms. The van der Waals surface area contributed by atoms with Crippen LogP contribution in [0.3, 0.4) is 0 Å². The molecule has 0 fully saturated rings. The van der Waals surface area contributed by atoms with Crippen molar-refractivity contribution in [2.24, 2.45) is 0 Å². The van der Waals surface area contributed by atoms with Crippen LogP contribution in [0.25, 0.3) is 21.9 Å². The Morgan fingerprint density at radius 3 is 1.87 bits per heavy atom. The summed E-state index contributed by atoms with van der Waals surface area (Å²) >= 11 is 2.08. The Morgan fingerprint density at radius 2 is 1.20 bits per heavy atom. The molecule has 3 nitrogen and oxygen atoms in total. The summed E-state index contributed by atoms with van der Waals surface area (Å²) in [6.07, 6.45) is 0. The van der Waals surface area contributed by atoms with Crippen LogP contribution in [0, 0.1) is 0 Å². The summed E-state index contributed by atoms with van der Waals surface area (Å²) in [4.78, 5) is 6.63. The fraction of sp³-hybridized carbons (Fsp3) is 0.280. The Kier molecular flexibility index (Phi) is 7.44. The number of hydrogen-bond donors (Lipinski definition) is 0. The highest BCUT2D eigenvalue weighted by atomic mass is 32.2. The fourth-order valence-corrected chi connectivity index (χ4v) is 11.0. The van der Waals surface area contributed by atoms with Crippen molar-refractivity contribution in [3.8, 4) is 0 Å². The normalized spacial score (nSPS) is 17.7. The van der Waals surface area contributed by atoms with E-state index in [2.05, 4.69) is 205 Å². The quantitative estimate of drug-likeness (QED) is 0.165. The molecule has 5 heteroatoms. The van der Waals surface area contributed by atoms with E-state index < -0.39 is 0 Å². The first-order chi connectivity index (χ1) is 26.2. The average Bonchev–Trinajstić information content (AvgIpc) is 3.72. The number of para-hydroxylation sites is 1. The molecule has 4 heterocycles. The highest BCUT2D eigenvalue weighted by Gasteiger charge is 2.54. The Morgan fingerprint density at radius 1 is 0.582 bits per heavy atom. The maximum absolute atomic E-state index is 6.61. The van der Waals surface area contributed by atoms with Crippen molar-refractivity contribution in [3.63, 3.8) is 0 Å². The van der Waals surface area contributed by atoms with Crippen molar-refractivity contribution in [2.75, 3.05) is 9.80 Å². The summed E-state index contributed by atoms with van der Waals surface area (Å²) in [5.74, 6) is 0. The summed E-state index contributed by atoms with van der Waals surface area (Å²) in [6.45, 7) is 20.9. The van der Waals surface area contributed by atoms with E-state index in [1.54, 1.807) is 0 Å². The third kappa shape index (κ3) is 5.25. The average molecular weight is 737 g/mol. The zero-order valence-corrected chi connectivity index (χ0v) is 34.3. The Balaban J connectivity index is 1.28. The van der Waals surface area contributed by atoms with E-state index in [-0.39, 0.29) is 34.1 Å². The predicted octanol–water partition coefficient (Wildman–Crippen LogP) is 12.8. The van der Waals surface area contributed by atoms with Crippen molar-refractivity contribution in [3.05, 3.63) is 144 Å². The van der Waals surface area contributed by atoms with E-state index in [0.717, 1.165) is 16.6 Å². The lowest BCUT2D eigenvalue weighted by molar-refractivity contribution is 0.587. The Labute approximate surface area is 330 Å². The van der Waals surface area contributed by atoms with Crippen LogP contribution in [0.15, 0.2) is 131 Å². The highest BCUT2D eigenvalue weighted by molar-refractivity contribution is 8.02. The minimum absolute atomic E-state index is 0.0468. The molecule has 7 aromatic rings. The lowest BCUT2D eigenvalue weighted by Crippen LogP contribution is -2.62. The van der Waals surface area contributed by atoms with E-state index in [1.165, 1.54) is 71.9 Å². The molecule has 0 aliphatic carbocycles. The van der Waals surface area contributed by atoms with Gasteiger partial charge in [-0.05, 0) is 104 Å². The van der Waals surface area contributed by atoms with Gasteiger partial charge in [-0.15, -0.1) is 11.8 Å². The number of thioether (sulfide) groups is 1. The van der Waals surface area contributed by atoms with Crippen molar-refractivity contribution < 1.29 is 4.42 Å². The molecule has 55 heavy (non-hydrogen) atoms. The largest absolute Gasteiger partial charge is 0.456 e. The third-order valence-electron chi connectivity index (χ3n) is 12.4. The van der Waals surface area contributed by atoms with Crippen molar-refractivity contribution >= 4 is 79.8 Å². The molecular weight excluding hydrogens is 687 g/mol. The van der Waals surface area contributed by atoms with Crippen LogP contribution in [-0.2, 0) is 16.2 Å². The van der Waals surface area contributed by atoms with Crippen LogP contribution in [0.1, 0.15) is 90.6 Å². The summed E-state index contributed by atoms with van der Waals surface area (Å²) in [5.41, 5.74) is 16.5. The molecule has 0 radical (unpaired) electrons. The predicted molar refractivity (Wildman–Crippen MR) is 237 cm³/mol. The van der Waals surface area contributed by atoms with Gasteiger partial charge in [-0.25, -0.2) is 0 Å². The van der Waals surface area contributed by atoms with Gasteiger partial charge in [-0.1, -0.05) is 129 Å². The van der Waals surface area contributed by atoms with Gasteiger partial charge >= 0.3 is 0 Å². The molecule has 2 atom stereocenters. The second-order valence-electron chi connectivity index (χ2n) is 19.0. The van der Waals surface area contributed by atoms with E-state index in [9.17, 15) is 0 Å². The van der Waals surface area contributed by atoms with Gasteiger partial charge in [0.05, 0.1) is 17.1 Å². The third-order valence-corrected chi connectivity index (χ3v) is 13.8. The standard InChI is InChI=1S/C50H49BN2OS/c1-48(2,3)30-17-22-33(23-18-30)52-38-14-12-15-39-44(38)51(47-45(52)36-29-32(50(7,8)9)21-28-42(36)55-47)37-26-27-41-43(35-13-10-11-16-40(35)54-41)46(37)53(39)34-24-19-31(20-25-34)49(4,5)6/h10-29,45,47H,1-9H3.